The van der Waals surface area contributed by atoms with E-state index in [0.717, 1.165) is 5.39 Å². The third-order valence-corrected chi connectivity index (χ3v) is 1.11. The zero-order valence-corrected chi connectivity index (χ0v) is 5.11. The summed E-state index contributed by atoms with van der Waals surface area (Å²) in [5, 5.41) is 0.906. The molecule has 3 aliphatic rings. The molecule has 0 amide bonds. The Morgan fingerprint density at radius 1 is 1.50 bits per heavy atom. The van der Waals surface area contributed by atoms with Gasteiger partial charge in [-0.1, -0.05) is 6.58 Å². The first-order valence-electron chi connectivity index (χ1n) is 2.71. The third kappa shape index (κ3) is 0.659. The molecule has 2 bridgehead atoms. The van der Waals surface area contributed by atoms with Crippen LogP contribution in [-0.4, -0.2) is 11.4 Å². The van der Waals surface area contributed by atoms with Crippen molar-refractivity contribution in [3.05, 3.63) is 24.4 Å². The highest BCUT2D eigenvalue weighted by Crippen LogP contribution is 2.43. The predicted molar refractivity (Wildman–Crippen MR) is 30.3 cm³/mol. The smallest absolute Gasteiger partial charge is 0.365 e. The highest BCUT2D eigenvalue weighted by atomic mass is 17.4. The van der Waals surface area contributed by atoms with Crippen molar-refractivity contribution in [1.82, 2.24) is 5.39 Å². The number of hydrogen-bond acceptors (Lipinski definition) is 5. The zero-order valence-electron chi connectivity index (χ0n) is 5.11. The number of hydrogen-bond donors (Lipinski definition) is 1. The first-order chi connectivity index (χ1) is 4.70. The summed E-state index contributed by atoms with van der Waals surface area (Å²) in [5.74, 6) is -0.998. The van der Waals surface area contributed by atoms with Crippen LogP contribution in [0.1, 0.15) is 0 Å². The van der Waals surface area contributed by atoms with E-state index < -0.39 is 5.97 Å². The standard InChI is InChI=1S/C5H6N2O3/c1-4(6)2-3-5-8-7(9-5)10-5/h2-3H,1,6H2/b3-2+. The Bertz CT molecular complexity index is 196. The minimum atomic E-state index is -0.998. The zero-order chi connectivity index (χ0) is 7.19. The molecule has 5 nitrogen and oxygen atoms in total. The van der Waals surface area contributed by atoms with Crippen molar-refractivity contribution in [2.75, 3.05) is 0 Å². The lowest BCUT2D eigenvalue weighted by molar-refractivity contribution is -0.894. The molecule has 5 heteroatoms. The van der Waals surface area contributed by atoms with E-state index in [0.29, 0.717) is 5.70 Å². The molecule has 54 valence electrons. The molecule has 0 aromatic heterocycles. The highest BCUT2D eigenvalue weighted by molar-refractivity contribution is 5.12. The summed E-state index contributed by atoms with van der Waals surface area (Å²) in [6.45, 7) is 3.44. The fourth-order valence-electron chi connectivity index (χ4n) is 0.633. The van der Waals surface area contributed by atoms with Crippen LogP contribution < -0.4 is 5.73 Å². The van der Waals surface area contributed by atoms with Gasteiger partial charge in [0.25, 0.3) is 0 Å². The van der Waals surface area contributed by atoms with Crippen molar-refractivity contribution >= 4 is 0 Å². The second-order valence-corrected chi connectivity index (χ2v) is 2.01. The van der Waals surface area contributed by atoms with Crippen LogP contribution in [-0.2, 0) is 14.5 Å². The summed E-state index contributed by atoms with van der Waals surface area (Å²) in [6.07, 6.45) is 3.09. The molecule has 10 heavy (non-hydrogen) atoms. The van der Waals surface area contributed by atoms with Crippen LogP contribution in [0.15, 0.2) is 24.4 Å². The van der Waals surface area contributed by atoms with E-state index in [9.17, 15) is 0 Å². The minimum absolute atomic E-state index is 0.426. The lowest BCUT2D eigenvalue weighted by atomic mass is 10.4. The quantitative estimate of drug-likeness (QED) is 0.541. The number of nitrogens with two attached hydrogens (primary N) is 1. The average molecular weight is 142 g/mol. The van der Waals surface area contributed by atoms with Crippen LogP contribution in [0.2, 0.25) is 0 Å². The maximum atomic E-state index is 5.23. The number of allylic oxidation sites excluding steroid dienone is 1. The first-order valence-corrected chi connectivity index (χ1v) is 2.71. The normalized spacial score (nSPS) is 42.6. The van der Waals surface area contributed by atoms with Crippen molar-refractivity contribution in [1.29, 1.82) is 0 Å². The first kappa shape index (κ1) is 5.87. The summed E-state index contributed by atoms with van der Waals surface area (Å²) in [5.41, 5.74) is 5.66. The van der Waals surface area contributed by atoms with Crippen molar-refractivity contribution < 1.29 is 14.5 Å². The molecule has 0 atom stereocenters. The Labute approximate surface area is 57.1 Å². The van der Waals surface area contributed by atoms with Gasteiger partial charge in [-0.3, -0.25) is 0 Å². The Morgan fingerprint density at radius 2 is 2.10 bits per heavy atom. The summed E-state index contributed by atoms with van der Waals surface area (Å²) < 4.78 is 0. The lowest BCUT2D eigenvalue weighted by Gasteiger charge is -2.53. The van der Waals surface area contributed by atoms with E-state index in [1.807, 2.05) is 0 Å². The monoisotopic (exact) mass is 142 g/mol. The molecule has 0 spiro atoms. The van der Waals surface area contributed by atoms with E-state index in [1.54, 1.807) is 6.08 Å². The van der Waals surface area contributed by atoms with Crippen molar-refractivity contribution in [2.45, 2.75) is 5.97 Å². The van der Waals surface area contributed by atoms with Crippen LogP contribution in [0, 0.1) is 0 Å². The maximum Gasteiger partial charge on any atom is 0.365 e. The second kappa shape index (κ2) is 1.58. The lowest BCUT2D eigenvalue weighted by Crippen LogP contribution is -2.72. The van der Waals surface area contributed by atoms with Gasteiger partial charge < -0.3 is 5.73 Å². The topological polar surface area (TPSA) is 57.0 Å². The highest BCUT2D eigenvalue weighted by Gasteiger charge is 2.63. The van der Waals surface area contributed by atoms with Gasteiger partial charge >= 0.3 is 5.97 Å². The fraction of sp³-hybridized carbons (Fsp3) is 0.200. The summed E-state index contributed by atoms with van der Waals surface area (Å²) in [7, 11) is 0. The van der Waals surface area contributed by atoms with Crippen LogP contribution in [0.5, 0.6) is 0 Å². The molecule has 3 saturated heterocycles. The molecule has 3 rings (SSSR count). The van der Waals surface area contributed by atoms with Gasteiger partial charge in [-0.15, -0.1) is 0 Å². The molecule has 0 saturated carbocycles. The second-order valence-electron chi connectivity index (χ2n) is 2.01. The molecule has 3 aliphatic heterocycles. The van der Waals surface area contributed by atoms with Crippen LogP contribution >= 0.6 is 0 Å². The number of rotatable bonds is 2. The largest absolute Gasteiger partial charge is 0.399 e. The average Bonchev–Trinajstić information content (AvgIpc) is 1.56. The molecule has 0 radical (unpaired) electrons. The van der Waals surface area contributed by atoms with Gasteiger partial charge in [0.15, 0.2) is 0 Å². The SMILES string of the molecule is C=C(N)/C=C/C12ON(O1)O2. The molecular formula is C5H6N2O3. The van der Waals surface area contributed by atoms with E-state index in [1.165, 1.54) is 6.08 Å². The van der Waals surface area contributed by atoms with Crippen LogP contribution in [0.3, 0.4) is 0 Å². The molecule has 3 fully saturated rings. The molecular weight excluding hydrogens is 136 g/mol. The molecule has 2 N–H and O–H groups in total. The number of nitrogens with zero attached hydrogens (tertiary/aromatic N) is 1. The van der Waals surface area contributed by atoms with E-state index >= 15 is 0 Å². The molecule has 0 aromatic carbocycles. The fourth-order valence-corrected chi connectivity index (χ4v) is 0.633. The van der Waals surface area contributed by atoms with E-state index in [-0.39, 0.29) is 0 Å². The Morgan fingerprint density at radius 3 is 2.40 bits per heavy atom. The van der Waals surface area contributed by atoms with Gasteiger partial charge in [0.1, 0.15) is 0 Å². The van der Waals surface area contributed by atoms with E-state index in [4.69, 9.17) is 20.2 Å². The summed E-state index contributed by atoms with van der Waals surface area (Å²) in [4.78, 5) is 14.3. The minimum Gasteiger partial charge on any atom is -0.399 e. The van der Waals surface area contributed by atoms with Gasteiger partial charge in [-0.25, -0.2) is 0 Å². The van der Waals surface area contributed by atoms with Crippen LogP contribution in [0.4, 0.5) is 0 Å². The summed E-state index contributed by atoms with van der Waals surface area (Å²) >= 11 is 0. The molecule has 0 aliphatic carbocycles. The van der Waals surface area contributed by atoms with Crippen LogP contribution in [0.25, 0.3) is 0 Å². The molecule has 3 heterocycles. The van der Waals surface area contributed by atoms with Crippen molar-refractivity contribution in [3.63, 3.8) is 0 Å². The Hall–Kier alpha value is -0.880. The molecule has 0 aromatic rings. The molecule has 0 unspecified atom stereocenters. The predicted octanol–water partition coefficient (Wildman–Crippen LogP) is -0.207. The van der Waals surface area contributed by atoms with E-state index in [2.05, 4.69) is 6.58 Å². The summed E-state index contributed by atoms with van der Waals surface area (Å²) in [6, 6.07) is 0. The Balaban J connectivity index is 1.95. The third-order valence-electron chi connectivity index (χ3n) is 1.11. The van der Waals surface area contributed by atoms with Gasteiger partial charge in [-0.2, -0.15) is 14.5 Å². The van der Waals surface area contributed by atoms with Gasteiger partial charge in [0, 0.05) is 11.8 Å². The van der Waals surface area contributed by atoms with Crippen molar-refractivity contribution in [2.24, 2.45) is 5.73 Å². The van der Waals surface area contributed by atoms with Crippen molar-refractivity contribution in [3.8, 4) is 0 Å². The van der Waals surface area contributed by atoms with Gasteiger partial charge in [0.2, 0.25) is 0 Å². The maximum absolute atomic E-state index is 5.23. The Kier molecular flexibility index (Phi) is 0.930. The van der Waals surface area contributed by atoms with Gasteiger partial charge in [-0.05, 0) is 6.08 Å². The van der Waals surface area contributed by atoms with Gasteiger partial charge in [0.05, 0.1) is 5.39 Å².